The number of carboxylic acid groups (broad SMARTS) is 2. The lowest BCUT2D eigenvalue weighted by molar-refractivity contribution is -0.139. The van der Waals surface area contributed by atoms with E-state index < -0.39 is 18.4 Å². The summed E-state index contributed by atoms with van der Waals surface area (Å²) >= 11 is 0. The highest BCUT2D eigenvalue weighted by molar-refractivity contribution is 5.91. The Kier molecular flexibility index (Phi) is 6.36. The molecule has 1 aliphatic heterocycles. The van der Waals surface area contributed by atoms with Crippen LogP contribution in [0.5, 0.6) is 0 Å². The lowest BCUT2D eigenvalue weighted by Gasteiger charge is -2.03. The largest absolute Gasteiger partial charge is 0.481 e. The summed E-state index contributed by atoms with van der Waals surface area (Å²) in [6.07, 6.45) is 0.0463. The van der Waals surface area contributed by atoms with Crippen LogP contribution in [0.1, 0.15) is 6.42 Å². The first-order valence-corrected chi connectivity index (χ1v) is 4.72. The molecular formula is C10H17NO5. The van der Waals surface area contributed by atoms with E-state index in [-0.39, 0.29) is 5.57 Å². The second-order valence-electron chi connectivity index (χ2n) is 3.70. The zero-order chi connectivity index (χ0) is 12.7. The second kappa shape index (κ2) is 6.97. The molecule has 1 unspecified atom stereocenters. The summed E-state index contributed by atoms with van der Waals surface area (Å²) in [6, 6.07) is 0. The third-order valence-electron chi connectivity index (χ3n) is 1.64. The van der Waals surface area contributed by atoms with Gasteiger partial charge in [-0.1, -0.05) is 6.58 Å². The molecule has 1 rings (SSSR count). The average molecular weight is 231 g/mol. The van der Waals surface area contributed by atoms with Gasteiger partial charge >= 0.3 is 11.9 Å². The zero-order valence-corrected chi connectivity index (χ0v) is 9.47. The molecule has 6 heteroatoms. The van der Waals surface area contributed by atoms with E-state index in [0.29, 0.717) is 6.10 Å². The minimum absolute atomic E-state index is 0.303. The van der Waals surface area contributed by atoms with Gasteiger partial charge in [-0.2, -0.15) is 0 Å². The Morgan fingerprint density at radius 1 is 1.44 bits per heavy atom. The van der Waals surface area contributed by atoms with Crippen LogP contribution in [0.3, 0.4) is 0 Å². The highest BCUT2D eigenvalue weighted by Gasteiger charge is 2.22. The number of aliphatic carboxylic acids is 2. The number of nitrogens with zero attached hydrogens (tertiary/aromatic N) is 1. The molecular weight excluding hydrogens is 214 g/mol. The van der Waals surface area contributed by atoms with Crippen molar-refractivity contribution in [3.8, 4) is 0 Å². The molecule has 6 nitrogen and oxygen atoms in total. The molecule has 0 aliphatic carbocycles. The Labute approximate surface area is 94.1 Å². The number of epoxide rings is 1. The molecule has 1 atom stereocenters. The molecule has 2 N–H and O–H groups in total. The van der Waals surface area contributed by atoms with Crippen LogP contribution >= 0.6 is 0 Å². The minimum atomic E-state index is -1.27. The molecule has 1 fully saturated rings. The third-order valence-corrected chi connectivity index (χ3v) is 1.64. The highest BCUT2D eigenvalue weighted by atomic mass is 16.6. The predicted octanol–water partition coefficient (Wildman–Crippen LogP) is 0.0487. The van der Waals surface area contributed by atoms with Gasteiger partial charge in [0.05, 0.1) is 19.1 Å². The molecule has 0 spiro atoms. The Morgan fingerprint density at radius 3 is 2.06 bits per heavy atom. The first kappa shape index (κ1) is 14.6. The smallest absolute Gasteiger partial charge is 0.331 e. The van der Waals surface area contributed by atoms with Gasteiger partial charge in [-0.25, -0.2) is 4.79 Å². The van der Waals surface area contributed by atoms with Gasteiger partial charge in [0.2, 0.25) is 0 Å². The van der Waals surface area contributed by atoms with E-state index >= 15 is 0 Å². The first-order chi connectivity index (χ1) is 7.32. The summed E-state index contributed by atoms with van der Waals surface area (Å²) in [5.74, 6) is -2.44. The van der Waals surface area contributed by atoms with E-state index in [1.165, 1.54) is 0 Å². The van der Waals surface area contributed by atoms with Gasteiger partial charge in [-0.15, -0.1) is 0 Å². The molecule has 1 heterocycles. The fourth-order valence-electron chi connectivity index (χ4n) is 0.839. The van der Waals surface area contributed by atoms with Crippen molar-refractivity contribution in [3.05, 3.63) is 12.2 Å². The van der Waals surface area contributed by atoms with Crippen molar-refractivity contribution < 1.29 is 24.5 Å². The third kappa shape index (κ3) is 9.17. The van der Waals surface area contributed by atoms with Crippen LogP contribution in [0.25, 0.3) is 0 Å². The van der Waals surface area contributed by atoms with Gasteiger partial charge in [0.25, 0.3) is 0 Å². The molecule has 92 valence electrons. The summed E-state index contributed by atoms with van der Waals surface area (Å²) in [5, 5.41) is 16.1. The average Bonchev–Trinajstić information content (AvgIpc) is 2.86. The quantitative estimate of drug-likeness (QED) is 0.513. The predicted molar refractivity (Wildman–Crippen MR) is 57.3 cm³/mol. The van der Waals surface area contributed by atoms with Crippen molar-refractivity contribution >= 4 is 11.9 Å². The van der Waals surface area contributed by atoms with Crippen LogP contribution < -0.4 is 0 Å². The number of rotatable bonds is 5. The lowest BCUT2D eigenvalue weighted by Crippen LogP contribution is -2.17. The number of likely N-dealkylation sites (N-methyl/N-ethyl adjacent to an activating group) is 1. The number of hydrogen-bond acceptors (Lipinski definition) is 4. The van der Waals surface area contributed by atoms with Gasteiger partial charge in [-0.3, -0.25) is 4.79 Å². The lowest BCUT2D eigenvalue weighted by atomic mass is 10.2. The summed E-state index contributed by atoms with van der Waals surface area (Å²) < 4.78 is 4.98. The maximum atomic E-state index is 9.87. The standard InChI is InChI=1S/C5H11NO.C5H6O4/c1-6(2)3-5-4-7-5;1-3(5(8)9)2-4(6)7/h5H,3-4H2,1-2H3;1-2H2,(H,6,7)(H,8,9). The van der Waals surface area contributed by atoms with Crippen molar-refractivity contribution in [2.24, 2.45) is 0 Å². The van der Waals surface area contributed by atoms with Crippen molar-refractivity contribution in [1.29, 1.82) is 0 Å². The maximum absolute atomic E-state index is 9.87. The zero-order valence-electron chi connectivity index (χ0n) is 9.47. The first-order valence-electron chi connectivity index (χ1n) is 4.72. The molecule has 16 heavy (non-hydrogen) atoms. The van der Waals surface area contributed by atoms with Gasteiger partial charge in [0, 0.05) is 12.1 Å². The topological polar surface area (TPSA) is 90.4 Å². The van der Waals surface area contributed by atoms with Crippen LogP contribution in [0, 0.1) is 0 Å². The highest BCUT2D eigenvalue weighted by Crippen LogP contribution is 2.07. The molecule has 1 saturated heterocycles. The van der Waals surface area contributed by atoms with Crippen molar-refractivity contribution in [2.45, 2.75) is 12.5 Å². The van der Waals surface area contributed by atoms with Crippen LogP contribution in [0.2, 0.25) is 0 Å². The molecule has 0 amide bonds. The summed E-state index contributed by atoms with van der Waals surface area (Å²) in [5.41, 5.74) is -0.303. The van der Waals surface area contributed by atoms with E-state index in [4.69, 9.17) is 14.9 Å². The van der Waals surface area contributed by atoms with Crippen molar-refractivity contribution in [1.82, 2.24) is 4.90 Å². The van der Waals surface area contributed by atoms with Crippen LogP contribution in [0.4, 0.5) is 0 Å². The molecule has 0 aromatic carbocycles. The summed E-state index contributed by atoms with van der Waals surface area (Å²) in [4.78, 5) is 21.8. The number of hydrogen-bond donors (Lipinski definition) is 2. The fraction of sp³-hybridized carbons (Fsp3) is 0.600. The van der Waals surface area contributed by atoms with Gasteiger partial charge in [-0.05, 0) is 14.1 Å². The summed E-state index contributed by atoms with van der Waals surface area (Å²) in [7, 11) is 4.11. The van der Waals surface area contributed by atoms with Crippen molar-refractivity contribution in [3.63, 3.8) is 0 Å². The molecule has 0 aromatic rings. The Hall–Kier alpha value is -1.40. The molecule has 0 saturated carbocycles. The van der Waals surface area contributed by atoms with Gasteiger partial charge < -0.3 is 19.8 Å². The number of carbonyl (C=O) groups is 2. The number of ether oxygens (including phenoxy) is 1. The molecule has 0 aromatic heterocycles. The Balaban J connectivity index is 0.000000288. The van der Waals surface area contributed by atoms with E-state index in [1.54, 1.807) is 0 Å². The number of carboxylic acids is 2. The summed E-state index contributed by atoms with van der Waals surface area (Å²) in [6.45, 7) is 5.07. The van der Waals surface area contributed by atoms with Crippen LogP contribution in [-0.4, -0.2) is 60.4 Å². The second-order valence-corrected chi connectivity index (χ2v) is 3.70. The van der Waals surface area contributed by atoms with E-state index in [9.17, 15) is 9.59 Å². The van der Waals surface area contributed by atoms with Crippen LogP contribution in [0.15, 0.2) is 12.2 Å². The molecule has 0 radical (unpaired) electrons. The fourth-order valence-corrected chi connectivity index (χ4v) is 0.839. The molecule has 1 aliphatic rings. The van der Waals surface area contributed by atoms with Gasteiger partial charge in [0.15, 0.2) is 0 Å². The van der Waals surface area contributed by atoms with Gasteiger partial charge in [0.1, 0.15) is 0 Å². The SMILES string of the molecule is C=C(CC(=O)O)C(=O)O.CN(C)CC1CO1. The normalized spacial score (nSPS) is 17.3. The van der Waals surface area contributed by atoms with E-state index in [0.717, 1.165) is 13.2 Å². The van der Waals surface area contributed by atoms with Crippen LogP contribution in [-0.2, 0) is 14.3 Å². The maximum Gasteiger partial charge on any atom is 0.331 e. The van der Waals surface area contributed by atoms with E-state index in [2.05, 4.69) is 25.6 Å². The van der Waals surface area contributed by atoms with E-state index in [1.807, 2.05) is 0 Å². The monoisotopic (exact) mass is 231 g/mol. The Bertz CT molecular complexity index is 270. The molecule has 0 bridgehead atoms. The van der Waals surface area contributed by atoms with Crippen molar-refractivity contribution in [2.75, 3.05) is 27.2 Å². The minimum Gasteiger partial charge on any atom is -0.481 e. The Morgan fingerprint density at radius 2 is 1.94 bits per heavy atom.